The number of thioether (sulfide) groups is 1. The van der Waals surface area contributed by atoms with Gasteiger partial charge < -0.3 is 10.6 Å². The second kappa shape index (κ2) is 7.67. The molecule has 142 valence electrons. The predicted octanol–water partition coefficient (Wildman–Crippen LogP) is 1.49. The average molecular weight is 386 g/mol. The smallest absolute Gasteiger partial charge is 0.233 e. The highest BCUT2D eigenvalue weighted by atomic mass is 32.2. The summed E-state index contributed by atoms with van der Waals surface area (Å²) in [4.78, 5) is 29.8. The van der Waals surface area contributed by atoms with Crippen LogP contribution in [-0.4, -0.2) is 55.3 Å². The Morgan fingerprint density at radius 2 is 1.96 bits per heavy atom. The lowest BCUT2D eigenvalue weighted by atomic mass is 9.97. The minimum absolute atomic E-state index is 0.0155. The molecule has 0 unspecified atom stereocenters. The zero-order valence-electron chi connectivity index (χ0n) is 15.0. The van der Waals surface area contributed by atoms with Gasteiger partial charge in [-0.3, -0.25) is 19.1 Å². The van der Waals surface area contributed by atoms with E-state index in [-0.39, 0.29) is 23.5 Å². The fourth-order valence-corrected chi connectivity index (χ4v) is 4.30. The monoisotopic (exact) mass is 386 g/mol. The minimum Gasteiger partial charge on any atom is -0.369 e. The van der Waals surface area contributed by atoms with Crippen LogP contribution in [0.25, 0.3) is 11.4 Å². The molecule has 2 amide bonds. The highest BCUT2D eigenvalue weighted by molar-refractivity contribution is 7.99. The lowest BCUT2D eigenvalue weighted by Gasteiger charge is -2.31. The molecule has 1 saturated heterocycles. The molecular formula is C18H22N6O2S. The third-order valence-corrected chi connectivity index (χ3v) is 5.94. The van der Waals surface area contributed by atoms with Crippen LogP contribution in [0.15, 0.2) is 29.7 Å². The van der Waals surface area contributed by atoms with Gasteiger partial charge in [-0.15, -0.1) is 10.2 Å². The topological polar surface area (TPSA) is 107 Å². The molecule has 3 heterocycles. The van der Waals surface area contributed by atoms with Crippen LogP contribution in [0.1, 0.15) is 31.7 Å². The van der Waals surface area contributed by atoms with Crippen molar-refractivity contribution in [3.05, 3.63) is 24.5 Å². The predicted molar refractivity (Wildman–Crippen MR) is 101 cm³/mol. The fourth-order valence-electron chi connectivity index (χ4n) is 3.39. The fraction of sp³-hybridized carbons (Fsp3) is 0.500. The molecule has 0 radical (unpaired) electrons. The number of hydrogen-bond acceptors (Lipinski definition) is 6. The highest BCUT2D eigenvalue weighted by Gasteiger charge is 2.31. The van der Waals surface area contributed by atoms with E-state index in [2.05, 4.69) is 19.7 Å². The van der Waals surface area contributed by atoms with E-state index in [0.717, 1.165) is 42.2 Å². The van der Waals surface area contributed by atoms with Crippen LogP contribution in [-0.2, 0) is 9.59 Å². The number of primary amides is 1. The Hall–Kier alpha value is -2.42. The van der Waals surface area contributed by atoms with Gasteiger partial charge >= 0.3 is 0 Å². The molecule has 2 aromatic rings. The average Bonchev–Trinajstić information content (AvgIpc) is 3.45. The molecule has 8 nitrogen and oxygen atoms in total. The lowest BCUT2D eigenvalue weighted by Crippen LogP contribution is -2.44. The van der Waals surface area contributed by atoms with Crippen LogP contribution >= 0.6 is 11.8 Å². The Balaban J connectivity index is 1.45. The Kier molecular flexibility index (Phi) is 5.11. The number of rotatable bonds is 6. The van der Waals surface area contributed by atoms with Crippen molar-refractivity contribution in [3.8, 4) is 11.4 Å². The van der Waals surface area contributed by atoms with Gasteiger partial charge in [0, 0.05) is 37.1 Å². The van der Waals surface area contributed by atoms with Crippen molar-refractivity contribution < 1.29 is 9.59 Å². The molecule has 0 spiro atoms. The summed E-state index contributed by atoms with van der Waals surface area (Å²) in [5.74, 6) is 0.562. The molecule has 9 heteroatoms. The van der Waals surface area contributed by atoms with Crippen molar-refractivity contribution >= 4 is 23.6 Å². The molecule has 2 aliphatic rings. The summed E-state index contributed by atoms with van der Waals surface area (Å²) in [7, 11) is 0. The van der Waals surface area contributed by atoms with Gasteiger partial charge in [0.15, 0.2) is 11.0 Å². The number of piperidine rings is 1. The van der Waals surface area contributed by atoms with Gasteiger partial charge in [-0.25, -0.2) is 0 Å². The number of likely N-dealkylation sites (tertiary alicyclic amines) is 1. The van der Waals surface area contributed by atoms with Crippen molar-refractivity contribution in [2.45, 2.75) is 36.9 Å². The first-order valence-corrected chi connectivity index (χ1v) is 10.2. The van der Waals surface area contributed by atoms with Crippen LogP contribution < -0.4 is 5.73 Å². The minimum atomic E-state index is -0.323. The lowest BCUT2D eigenvalue weighted by molar-refractivity contribution is -0.132. The SMILES string of the molecule is NC(=O)[C@@H]1CCCN(C(=O)CSc2nnc(-c3ccncc3)n2C2CC2)C1. The number of amides is 2. The number of carbonyl (C=O) groups excluding carboxylic acids is 2. The van der Waals surface area contributed by atoms with Crippen molar-refractivity contribution in [2.75, 3.05) is 18.8 Å². The molecular weight excluding hydrogens is 364 g/mol. The molecule has 2 N–H and O–H groups in total. The van der Waals surface area contributed by atoms with Gasteiger partial charge in [-0.05, 0) is 37.8 Å². The quantitative estimate of drug-likeness (QED) is 0.754. The van der Waals surface area contributed by atoms with Crippen molar-refractivity contribution in [2.24, 2.45) is 11.7 Å². The maximum atomic E-state index is 12.6. The summed E-state index contributed by atoms with van der Waals surface area (Å²) in [6, 6.07) is 4.23. The van der Waals surface area contributed by atoms with E-state index in [9.17, 15) is 9.59 Å². The Morgan fingerprint density at radius 3 is 2.67 bits per heavy atom. The van der Waals surface area contributed by atoms with Crippen LogP contribution in [0.2, 0.25) is 0 Å². The van der Waals surface area contributed by atoms with Crippen molar-refractivity contribution in [3.63, 3.8) is 0 Å². The molecule has 1 aliphatic carbocycles. The van der Waals surface area contributed by atoms with E-state index in [0.29, 0.717) is 19.1 Å². The van der Waals surface area contributed by atoms with Gasteiger partial charge in [0.25, 0.3) is 0 Å². The van der Waals surface area contributed by atoms with Gasteiger partial charge in [0.05, 0.1) is 11.7 Å². The number of hydrogen-bond donors (Lipinski definition) is 1. The Labute approximate surface area is 161 Å². The second-order valence-electron chi connectivity index (χ2n) is 7.01. The van der Waals surface area contributed by atoms with E-state index < -0.39 is 0 Å². The number of nitrogens with two attached hydrogens (primary N) is 1. The van der Waals surface area contributed by atoms with Gasteiger partial charge in [0.1, 0.15) is 0 Å². The Morgan fingerprint density at radius 1 is 1.19 bits per heavy atom. The van der Waals surface area contributed by atoms with E-state index in [1.807, 2.05) is 12.1 Å². The molecule has 27 heavy (non-hydrogen) atoms. The zero-order valence-corrected chi connectivity index (χ0v) is 15.8. The van der Waals surface area contributed by atoms with Gasteiger partial charge in [0.2, 0.25) is 11.8 Å². The third-order valence-electron chi connectivity index (χ3n) is 5.02. The summed E-state index contributed by atoms with van der Waals surface area (Å²) in [5, 5.41) is 9.44. The first-order chi connectivity index (χ1) is 13.1. The molecule has 1 aliphatic heterocycles. The molecule has 2 fully saturated rings. The normalized spacial score (nSPS) is 19.9. The number of aromatic nitrogens is 4. The van der Waals surface area contributed by atoms with Crippen LogP contribution in [0, 0.1) is 5.92 Å². The maximum Gasteiger partial charge on any atom is 0.233 e. The van der Waals surface area contributed by atoms with Crippen molar-refractivity contribution in [1.82, 2.24) is 24.6 Å². The summed E-state index contributed by atoms with van der Waals surface area (Å²) in [6.07, 6.45) is 7.26. The van der Waals surface area contributed by atoms with Gasteiger partial charge in [-0.2, -0.15) is 0 Å². The summed E-state index contributed by atoms with van der Waals surface area (Å²) in [6.45, 7) is 1.10. The number of carbonyl (C=O) groups is 2. The number of pyridine rings is 1. The molecule has 4 rings (SSSR count). The zero-order chi connectivity index (χ0) is 18.8. The van der Waals surface area contributed by atoms with Crippen LogP contribution in [0.3, 0.4) is 0 Å². The molecule has 0 bridgehead atoms. The van der Waals surface area contributed by atoms with E-state index >= 15 is 0 Å². The molecule has 2 aromatic heterocycles. The number of nitrogens with zero attached hydrogens (tertiary/aromatic N) is 5. The standard InChI is InChI=1S/C18H22N6O2S/c19-16(26)13-2-1-9-23(10-13)15(25)11-27-18-22-21-17(24(18)14-3-4-14)12-5-7-20-8-6-12/h5-8,13-14H,1-4,9-11H2,(H2,19,26)/t13-/m1/s1. The molecule has 1 saturated carbocycles. The Bertz CT molecular complexity index is 836. The van der Waals surface area contributed by atoms with Crippen LogP contribution in [0.5, 0.6) is 0 Å². The summed E-state index contributed by atoms with van der Waals surface area (Å²) >= 11 is 1.41. The highest BCUT2D eigenvalue weighted by Crippen LogP contribution is 2.41. The molecule has 0 aromatic carbocycles. The van der Waals surface area contributed by atoms with E-state index in [1.54, 1.807) is 17.3 Å². The van der Waals surface area contributed by atoms with Crippen molar-refractivity contribution in [1.29, 1.82) is 0 Å². The van der Waals surface area contributed by atoms with E-state index in [1.165, 1.54) is 11.8 Å². The third kappa shape index (κ3) is 3.97. The second-order valence-corrected chi connectivity index (χ2v) is 7.96. The summed E-state index contributed by atoms with van der Waals surface area (Å²) in [5.41, 5.74) is 6.38. The van der Waals surface area contributed by atoms with Gasteiger partial charge in [-0.1, -0.05) is 11.8 Å². The van der Waals surface area contributed by atoms with Crippen LogP contribution in [0.4, 0.5) is 0 Å². The first-order valence-electron chi connectivity index (χ1n) is 9.18. The first kappa shape index (κ1) is 18.0. The molecule has 1 atom stereocenters. The summed E-state index contributed by atoms with van der Waals surface area (Å²) < 4.78 is 2.13. The largest absolute Gasteiger partial charge is 0.369 e. The maximum absolute atomic E-state index is 12.6. The van der Waals surface area contributed by atoms with E-state index in [4.69, 9.17) is 5.73 Å².